The van der Waals surface area contributed by atoms with Crippen LogP contribution < -0.4 is 11.5 Å². The Morgan fingerprint density at radius 2 is 1.77 bits per heavy atom. The van der Waals surface area contributed by atoms with Crippen molar-refractivity contribution >= 4 is 29.6 Å². The third-order valence-corrected chi connectivity index (χ3v) is 3.82. The molecule has 2 rings (SSSR count). The first kappa shape index (κ1) is 16.0. The lowest BCUT2D eigenvalue weighted by molar-refractivity contribution is -0.144. The predicted octanol–water partition coefficient (Wildman–Crippen LogP) is 1.57. The SMILES string of the molecule is Cc1ccc(S[C@@H](C)C(=O)OCc2nc(N)nc(N)n2)cc1. The van der Waals surface area contributed by atoms with Crippen LogP contribution in [0.15, 0.2) is 29.2 Å². The smallest absolute Gasteiger partial charge is 0.319 e. The van der Waals surface area contributed by atoms with Crippen LogP contribution in [-0.2, 0) is 16.1 Å². The predicted molar refractivity (Wildman–Crippen MR) is 84.9 cm³/mol. The molecule has 0 aliphatic carbocycles. The molecule has 1 aromatic carbocycles. The molecule has 1 aromatic heterocycles. The summed E-state index contributed by atoms with van der Waals surface area (Å²) in [5.41, 5.74) is 12.1. The second-order valence-electron chi connectivity index (χ2n) is 4.65. The third kappa shape index (κ3) is 4.59. The first-order valence-electron chi connectivity index (χ1n) is 6.60. The van der Waals surface area contributed by atoms with Crippen LogP contribution in [-0.4, -0.2) is 26.2 Å². The largest absolute Gasteiger partial charge is 0.457 e. The van der Waals surface area contributed by atoms with Crippen molar-refractivity contribution in [2.75, 3.05) is 11.5 Å². The summed E-state index contributed by atoms with van der Waals surface area (Å²) in [6.07, 6.45) is 0. The quantitative estimate of drug-likeness (QED) is 0.630. The molecular weight excluding hydrogens is 302 g/mol. The molecule has 7 nitrogen and oxygen atoms in total. The number of aromatic nitrogens is 3. The van der Waals surface area contributed by atoms with Gasteiger partial charge in [0.2, 0.25) is 11.9 Å². The standard InChI is InChI=1S/C14H17N5O2S/c1-8-3-5-10(6-4-8)22-9(2)12(20)21-7-11-17-13(15)19-14(16)18-11/h3-6,9H,7H2,1-2H3,(H4,15,16,17,18,19)/t9-/m0/s1. The van der Waals surface area contributed by atoms with Crippen LogP contribution in [0.4, 0.5) is 11.9 Å². The topological polar surface area (TPSA) is 117 Å². The summed E-state index contributed by atoms with van der Waals surface area (Å²) in [4.78, 5) is 24.3. The van der Waals surface area contributed by atoms with E-state index in [0.29, 0.717) is 0 Å². The van der Waals surface area contributed by atoms with Crippen LogP contribution in [0.25, 0.3) is 0 Å². The van der Waals surface area contributed by atoms with E-state index in [2.05, 4.69) is 15.0 Å². The number of ether oxygens (including phenoxy) is 1. The highest BCUT2D eigenvalue weighted by Gasteiger charge is 2.17. The Hall–Kier alpha value is -2.35. The van der Waals surface area contributed by atoms with E-state index in [0.717, 1.165) is 4.90 Å². The lowest BCUT2D eigenvalue weighted by Gasteiger charge is -2.11. The molecule has 1 atom stereocenters. The van der Waals surface area contributed by atoms with Crippen LogP contribution >= 0.6 is 11.8 Å². The molecule has 0 spiro atoms. The minimum atomic E-state index is -0.358. The van der Waals surface area contributed by atoms with Crippen LogP contribution in [0, 0.1) is 6.92 Å². The van der Waals surface area contributed by atoms with Crippen molar-refractivity contribution in [2.45, 2.75) is 30.6 Å². The van der Waals surface area contributed by atoms with Gasteiger partial charge in [-0.15, -0.1) is 11.8 Å². The molecule has 0 radical (unpaired) electrons. The maximum atomic E-state index is 12.0. The van der Waals surface area contributed by atoms with E-state index in [1.54, 1.807) is 6.92 Å². The van der Waals surface area contributed by atoms with Gasteiger partial charge in [-0.2, -0.15) is 15.0 Å². The Labute approximate surface area is 132 Å². The number of carbonyl (C=O) groups is 1. The highest BCUT2D eigenvalue weighted by Crippen LogP contribution is 2.24. The number of carbonyl (C=O) groups excluding carboxylic acids is 1. The summed E-state index contributed by atoms with van der Waals surface area (Å²) in [7, 11) is 0. The summed E-state index contributed by atoms with van der Waals surface area (Å²) in [6.45, 7) is 3.70. The zero-order chi connectivity index (χ0) is 16.1. The number of nitrogens with zero attached hydrogens (tertiary/aromatic N) is 3. The van der Waals surface area contributed by atoms with Gasteiger partial charge in [0.25, 0.3) is 0 Å². The number of rotatable bonds is 5. The Morgan fingerprint density at radius 1 is 1.18 bits per heavy atom. The van der Waals surface area contributed by atoms with Gasteiger partial charge in [-0.3, -0.25) is 4.79 Å². The summed E-state index contributed by atoms with van der Waals surface area (Å²) in [5.74, 6) is -0.129. The summed E-state index contributed by atoms with van der Waals surface area (Å²) >= 11 is 1.42. The van der Waals surface area contributed by atoms with E-state index >= 15 is 0 Å². The molecule has 0 saturated carbocycles. The first-order valence-corrected chi connectivity index (χ1v) is 7.48. The van der Waals surface area contributed by atoms with Gasteiger partial charge < -0.3 is 16.2 Å². The van der Waals surface area contributed by atoms with E-state index in [1.165, 1.54) is 17.3 Å². The van der Waals surface area contributed by atoms with Crippen LogP contribution in [0.5, 0.6) is 0 Å². The average Bonchev–Trinajstić information content (AvgIpc) is 2.46. The monoisotopic (exact) mass is 319 g/mol. The molecule has 1 heterocycles. The molecule has 4 N–H and O–H groups in total. The fourth-order valence-corrected chi connectivity index (χ4v) is 2.51. The molecule has 0 bridgehead atoms. The normalized spacial score (nSPS) is 11.9. The molecule has 8 heteroatoms. The molecule has 0 saturated heterocycles. The van der Waals surface area contributed by atoms with Crippen LogP contribution in [0.1, 0.15) is 18.3 Å². The highest BCUT2D eigenvalue weighted by atomic mass is 32.2. The number of thioether (sulfide) groups is 1. The van der Waals surface area contributed by atoms with Crippen molar-refractivity contribution in [1.29, 1.82) is 0 Å². The first-order chi connectivity index (χ1) is 10.4. The van der Waals surface area contributed by atoms with Gasteiger partial charge in [0.15, 0.2) is 12.4 Å². The molecule has 116 valence electrons. The minimum absolute atomic E-state index is 0.000581. The van der Waals surface area contributed by atoms with E-state index in [9.17, 15) is 4.79 Å². The van der Waals surface area contributed by atoms with Gasteiger partial charge in [-0.1, -0.05) is 17.7 Å². The molecule has 0 aliphatic heterocycles. The maximum Gasteiger partial charge on any atom is 0.319 e. The van der Waals surface area contributed by atoms with Gasteiger partial charge in [-0.25, -0.2) is 0 Å². The molecule has 0 aliphatic rings. The molecule has 0 fully saturated rings. The average molecular weight is 319 g/mol. The van der Waals surface area contributed by atoms with E-state index in [-0.39, 0.29) is 35.5 Å². The Morgan fingerprint density at radius 3 is 2.36 bits per heavy atom. The van der Waals surface area contributed by atoms with E-state index in [1.807, 2.05) is 31.2 Å². The molecular formula is C14H17N5O2S. The molecule has 0 amide bonds. The zero-order valence-electron chi connectivity index (χ0n) is 12.3. The van der Waals surface area contributed by atoms with Gasteiger partial charge in [0.1, 0.15) is 5.25 Å². The van der Waals surface area contributed by atoms with E-state index < -0.39 is 0 Å². The maximum absolute atomic E-state index is 12.0. The van der Waals surface area contributed by atoms with Crippen molar-refractivity contribution in [3.8, 4) is 0 Å². The Bertz CT molecular complexity index is 643. The number of benzene rings is 1. The fraction of sp³-hybridized carbons (Fsp3) is 0.286. The number of nitrogen functional groups attached to an aromatic ring is 2. The summed E-state index contributed by atoms with van der Waals surface area (Å²) in [6, 6.07) is 7.93. The number of esters is 1. The van der Waals surface area contributed by atoms with Gasteiger partial charge in [0.05, 0.1) is 0 Å². The summed E-state index contributed by atoms with van der Waals surface area (Å²) < 4.78 is 5.17. The van der Waals surface area contributed by atoms with Crippen molar-refractivity contribution in [2.24, 2.45) is 0 Å². The summed E-state index contributed by atoms with van der Waals surface area (Å²) in [5, 5.41) is -0.348. The third-order valence-electron chi connectivity index (χ3n) is 2.73. The molecule has 2 aromatic rings. The van der Waals surface area contributed by atoms with Crippen molar-refractivity contribution in [3.63, 3.8) is 0 Å². The van der Waals surface area contributed by atoms with Crippen molar-refractivity contribution < 1.29 is 9.53 Å². The van der Waals surface area contributed by atoms with Gasteiger partial charge >= 0.3 is 5.97 Å². The second-order valence-corrected chi connectivity index (χ2v) is 6.06. The van der Waals surface area contributed by atoms with Crippen LogP contribution in [0.3, 0.4) is 0 Å². The van der Waals surface area contributed by atoms with Crippen molar-refractivity contribution in [3.05, 3.63) is 35.7 Å². The Balaban J connectivity index is 1.89. The highest BCUT2D eigenvalue weighted by molar-refractivity contribution is 8.00. The van der Waals surface area contributed by atoms with Crippen molar-refractivity contribution in [1.82, 2.24) is 15.0 Å². The zero-order valence-corrected chi connectivity index (χ0v) is 13.1. The molecule has 0 unspecified atom stereocenters. The van der Waals surface area contributed by atoms with Gasteiger partial charge in [-0.05, 0) is 26.0 Å². The lowest BCUT2D eigenvalue weighted by atomic mass is 10.2. The second kappa shape index (κ2) is 7.08. The molecule has 22 heavy (non-hydrogen) atoms. The van der Waals surface area contributed by atoms with E-state index in [4.69, 9.17) is 16.2 Å². The number of aryl methyl sites for hydroxylation is 1. The van der Waals surface area contributed by atoms with Crippen LogP contribution in [0.2, 0.25) is 0 Å². The fourth-order valence-electron chi connectivity index (χ4n) is 1.64. The number of anilines is 2. The Kier molecular flexibility index (Phi) is 5.16. The minimum Gasteiger partial charge on any atom is -0.457 e. The number of hydrogen-bond acceptors (Lipinski definition) is 8. The number of nitrogens with two attached hydrogens (primary N) is 2. The van der Waals surface area contributed by atoms with Gasteiger partial charge in [0, 0.05) is 4.90 Å². The number of hydrogen-bond donors (Lipinski definition) is 2. The lowest BCUT2D eigenvalue weighted by Crippen LogP contribution is -2.18.